The third kappa shape index (κ3) is 4.74. The number of hydrogen-bond acceptors (Lipinski definition) is 6. The van der Waals surface area contributed by atoms with E-state index in [1.165, 1.54) is 0 Å². The van der Waals surface area contributed by atoms with E-state index in [0.29, 0.717) is 39.2 Å². The van der Waals surface area contributed by atoms with Gasteiger partial charge < -0.3 is 14.6 Å². The third-order valence-electron chi connectivity index (χ3n) is 6.85. The number of rotatable bonds is 5. The van der Waals surface area contributed by atoms with Crippen LogP contribution in [0, 0.1) is 12.8 Å². The largest absolute Gasteiger partial charge is 0.456 e. The number of aromatic nitrogens is 6. The van der Waals surface area contributed by atoms with Crippen molar-refractivity contribution in [1.29, 1.82) is 0 Å². The average molecular weight is 516 g/mol. The van der Waals surface area contributed by atoms with Crippen LogP contribution in [0.3, 0.4) is 0 Å². The highest BCUT2D eigenvalue weighted by Gasteiger charge is 2.21. The molecule has 1 aliphatic heterocycles. The van der Waals surface area contributed by atoms with Crippen LogP contribution in [0.2, 0.25) is 5.02 Å². The topological polar surface area (TPSA) is 102 Å². The Morgan fingerprint density at radius 3 is 2.76 bits per heavy atom. The minimum atomic E-state index is 0.149. The summed E-state index contributed by atoms with van der Waals surface area (Å²) in [5.41, 5.74) is 4.60. The zero-order chi connectivity index (χ0) is 25.5. The highest BCUT2D eigenvalue weighted by Crippen LogP contribution is 2.35. The average Bonchev–Trinajstić information content (AvgIpc) is 3.51. The number of amides is 1. The Balaban J connectivity index is 1.22. The lowest BCUT2D eigenvalue weighted by molar-refractivity contribution is -0.130. The van der Waals surface area contributed by atoms with Gasteiger partial charge >= 0.3 is 0 Å². The predicted octanol–water partition coefficient (Wildman–Crippen LogP) is 5.38. The van der Waals surface area contributed by atoms with E-state index >= 15 is 0 Å². The van der Waals surface area contributed by atoms with Crippen LogP contribution < -0.4 is 4.74 Å². The summed E-state index contributed by atoms with van der Waals surface area (Å²) in [4.78, 5) is 30.5. The molecule has 1 amide bonds. The fourth-order valence-electron chi connectivity index (χ4n) is 4.84. The van der Waals surface area contributed by atoms with E-state index < -0.39 is 0 Å². The first-order chi connectivity index (χ1) is 17.9. The summed E-state index contributed by atoms with van der Waals surface area (Å²) in [5.74, 6) is 2.64. The van der Waals surface area contributed by atoms with Gasteiger partial charge in [-0.25, -0.2) is 9.97 Å². The molecule has 37 heavy (non-hydrogen) atoms. The molecule has 6 rings (SSSR count). The number of halogens is 1. The van der Waals surface area contributed by atoms with Gasteiger partial charge in [0.1, 0.15) is 27.9 Å². The Labute approximate surface area is 218 Å². The van der Waals surface area contributed by atoms with Gasteiger partial charge in [0.25, 0.3) is 0 Å². The van der Waals surface area contributed by atoms with E-state index in [1.54, 1.807) is 25.4 Å². The van der Waals surface area contributed by atoms with Crippen molar-refractivity contribution < 1.29 is 9.53 Å². The number of H-pyrrole nitrogens is 1. The molecule has 3 aromatic heterocycles. The molecule has 0 saturated carbocycles. The van der Waals surface area contributed by atoms with Crippen molar-refractivity contribution in [3.63, 3.8) is 0 Å². The van der Waals surface area contributed by atoms with Crippen molar-refractivity contribution in [2.45, 2.75) is 33.2 Å². The Morgan fingerprint density at radius 2 is 1.95 bits per heavy atom. The van der Waals surface area contributed by atoms with Crippen LogP contribution in [-0.2, 0) is 11.3 Å². The van der Waals surface area contributed by atoms with E-state index in [0.717, 1.165) is 54.9 Å². The van der Waals surface area contributed by atoms with Gasteiger partial charge in [0, 0.05) is 44.4 Å². The smallest absolute Gasteiger partial charge is 0.219 e. The van der Waals surface area contributed by atoms with Gasteiger partial charge in [-0.3, -0.25) is 14.5 Å². The second-order valence-corrected chi connectivity index (χ2v) is 9.88. The van der Waals surface area contributed by atoms with Crippen molar-refractivity contribution in [1.82, 2.24) is 34.6 Å². The van der Waals surface area contributed by atoms with Gasteiger partial charge in [0.2, 0.25) is 5.91 Å². The number of piperidine rings is 1. The Morgan fingerprint density at radius 1 is 1.14 bits per heavy atom. The molecule has 0 bridgehead atoms. The van der Waals surface area contributed by atoms with Crippen LogP contribution in [0.1, 0.15) is 25.6 Å². The molecule has 10 heteroatoms. The Kier molecular flexibility index (Phi) is 6.00. The van der Waals surface area contributed by atoms with Crippen molar-refractivity contribution in [2.24, 2.45) is 5.92 Å². The number of aryl methyl sites for hydroxylation is 1. The molecule has 4 heterocycles. The van der Waals surface area contributed by atoms with Crippen molar-refractivity contribution >= 4 is 39.6 Å². The summed E-state index contributed by atoms with van der Waals surface area (Å²) in [5, 5.41) is 4.95. The number of imidazole rings is 1. The van der Waals surface area contributed by atoms with Crippen LogP contribution in [0.4, 0.5) is 0 Å². The normalized spacial score (nSPS) is 14.5. The minimum Gasteiger partial charge on any atom is -0.456 e. The predicted molar refractivity (Wildman–Crippen MR) is 142 cm³/mol. The standard InChI is InChI=1S/C27H26ClN7O2/c1-16-31-21-4-3-20(11-23(21)32-16)37-25-6-5-22-27(26(25)28)33-24(13-29-22)19-12-30-35(15-19)14-18-7-9-34(10-8-18)17(2)36/h3-6,11-13,15,18H,7-10,14H2,1-2H3,(H,31,32). The number of carbonyl (C=O) groups is 1. The Hall–Kier alpha value is -3.98. The van der Waals surface area contributed by atoms with E-state index in [-0.39, 0.29) is 5.91 Å². The number of carbonyl (C=O) groups excluding carboxylic acids is 1. The summed E-state index contributed by atoms with van der Waals surface area (Å²) in [7, 11) is 0. The number of aromatic amines is 1. The van der Waals surface area contributed by atoms with E-state index in [9.17, 15) is 4.79 Å². The highest BCUT2D eigenvalue weighted by molar-refractivity contribution is 6.36. The molecule has 1 N–H and O–H groups in total. The molecular formula is C27H26ClN7O2. The number of hydrogen-bond donors (Lipinski definition) is 1. The lowest BCUT2D eigenvalue weighted by Crippen LogP contribution is -2.38. The first-order valence-corrected chi connectivity index (χ1v) is 12.7. The fraction of sp³-hybridized carbons (Fsp3) is 0.296. The van der Waals surface area contributed by atoms with Gasteiger partial charge in [-0.1, -0.05) is 11.6 Å². The molecule has 1 aliphatic rings. The summed E-state index contributed by atoms with van der Waals surface area (Å²) in [6, 6.07) is 9.32. The van der Waals surface area contributed by atoms with Crippen molar-refractivity contribution in [2.75, 3.05) is 13.1 Å². The van der Waals surface area contributed by atoms with Gasteiger partial charge in [0.05, 0.1) is 34.6 Å². The van der Waals surface area contributed by atoms with Crippen molar-refractivity contribution in [3.05, 3.63) is 59.8 Å². The number of likely N-dealkylation sites (tertiary alicyclic amines) is 1. The molecule has 5 aromatic rings. The van der Waals surface area contributed by atoms with Crippen LogP contribution in [-0.4, -0.2) is 53.6 Å². The zero-order valence-corrected chi connectivity index (χ0v) is 21.4. The summed E-state index contributed by atoms with van der Waals surface area (Å²) >= 11 is 6.74. The van der Waals surface area contributed by atoms with Gasteiger partial charge in [-0.15, -0.1) is 0 Å². The molecule has 0 spiro atoms. The number of benzene rings is 2. The highest BCUT2D eigenvalue weighted by atomic mass is 35.5. The maximum atomic E-state index is 11.6. The maximum Gasteiger partial charge on any atom is 0.219 e. The summed E-state index contributed by atoms with van der Waals surface area (Å²) in [6.07, 6.45) is 7.49. The molecule has 9 nitrogen and oxygen atoms in total. The SMILES string of the molecule is CC(=O)N1CCC(Cn2cc(-c3cnc4ccc(Oc5ccc6nc(C)[nH]c6c5)c(Cl)c4n3)cn2)CC1. The number of nitrogens with zero attached hydrogens (tertiary/aromatic N) is 6. The second kappa shape index (κ2) is 9.48. The van der Waals surface area contributed by atoms with E-state index in [4.69, 9.17) is 21.3 Å². The monoisotopic (exact) mass is 515 g/mol. The van der Waals surface area contributed by atoms with Crippen LogP contribution in [0.15, 0.2) is 48.9 Å². The first-order valence-electron chi connectivity index (χ1n) is 12.3. The first kappa shape index (κ1) is 23.4. The maximum absolute atomic E-state index is 11.6. The van der Waals surface area contributed by atoms with Crippen LogP contribution in [0.5, 0.6) is 11.5 Å². The number of ether oxygens (including phenoxy) is 1. The molecule has 188 valence electrons. The molecule has 0 radical (unpaired) electrons. The van der Waals surface area contributed by atoms with Gasteiger partial charge in [0.15, 0.2) is 0 Å². The van der Waals surface area contributed by atoms with E-state index in [1.807, 2.05) is 47.0 Å². The fourth-order valence-corrected chi connectivity index (χ4v) is 5.08. The van der Waals surface area contributed by atoms with Gasteiger partial charge in [-0.05, 0) is 49.9 Å². The molecule has 2 aromatic carbocycles. The molecule has 0 unspecified atom stereocenters. The lowest BCUT2D eigenvalue weighted by atomic mass is 9.97. The van der Waals surface area contributed by atoms with Crippen LogP contribution >= 0.6 is 11.6 Å². The third-order valence-corrected chi connectivity index (χ3v) is 7.22. The van der Waals surface area contributed by atoms with Crippen LogP contribution in [0.25, 0.3) is 33.3 Å². The molecular weight excluding hydrogens is 490 g/mol. The minimum absolute atomic E-state index is 0.149. The number of fused-ring (bicyclic) bond motifs is 2. The lowest BCUT2D eigenvalue weighted by Gasteiger charge is -2.31. The molecule has 1 saturated heterocycles. The molecule has 0 aliphatic carbocycles. The van der Waals surface area contributed by atoms with E-state index in [2.05, 4.69) is 20.1 Å². The summed E-state index contributed by atoms with van der Waals surface area (Å²) < 4.78 is 8.05. The second-order valence-electron chi connectivity index (χ2n) is 9.50. The molecule has 0 atom stereocenters. The van der Waals surface area contributed by atoms with Crippen molar-refractivity contribution in [3.8, 4) is 22.8 Å². The molecule has 1 fully saturated rings. The summed E-state index contributed by atoms with van der Waals surface area (Å²) in [6.45, 7) is 5.98. The zero-order valence-electron chi connectivity index (χ0n) is 20.6. The Bertz CT molecular complexity index is 1620. The number of nitrogens with one attached hydrogen (secondary N) is 1. The van der Waals surface area contributed by atoms with Gasteiger partial charge in [-0.2, -0.15) is 5.10 Å². The quantitative estimate of drug-likeness (QED) is 0.337.